The minimum atomic E-state index is 0.135. The Labute approximate surface area is 97.1 Å². The fourth-order valence-electron chi connectivity index (χ4n) is 2.56. The Morgan fingerprint density at radius 3 is 2.94 bits per heavy atom. The number of piperidine rings is 1. The van der Waals surface area contributed by atoms with Crippen LogP contribution in [0.3, 0.4) is 0 Å². The van der Waals surface area contributed by atoms with Gasteiger partial charge in [0.05, 0.1) is 18.6 Å². The lowest BCUT2D eigenvalue weighted by molar-refractivity contribution is -0.128. The molecule has 1 amide bonds. The summed E-state index contributed by atoms with van der Waals surface area (Å²) in [6.07, 6.45) is 4.22. The number of hydrogen-bond acceptors (Lipinski definition) is 3. The van der Waals surface area contributed by atoms with Crippen molar-refractivity contribution in [3.63, 3.8) is 0 Å². The molecule has 92 valence electrons. The third kappa shape index (κ3) is 2.95. The number of nitrogens with one attached hydrogen (secondary N) is 2. The van der Waals surface area contributed by atoms with Crippen LogP contribution < -0.4 is 10.6 Å². The zero-order valence-corrected chi connectivity index (χ0v) is 10.00. The van der Waals surface area contributed by atoms with Crippen LogP contribution in [-0.4, -0.2) is 37.7 Å². The first-order chi connectivity index (χ1) is 7.77. The highest BCUT2D eigenvalue weighted by Gasteiger charge is 2.29. The van der Waals surface area contributed by atoms with E-state index in [0.29, 0.717) is 12.6 Å². The SMILES string of the molecule is CC1NCCCC1C(=O)NC1CCCOC1. The van der Waals surface area contributed by atoms with Gasteiger partial charge in [-0.3, -0.25) is 4.79 Å². The van der Waals surface area contributed by atoms with Crippen LogP contribution in [0, 0.1) is 5.92 Å². The molecule has 2 saturated heterocycles. The van der Waals surface area contributed by atoms with Crippen LogP contribution in [0.15, 0.2) is 0 Å². The van der Waals surface area contributed by atoms with Crippen molar-refractivity contribution in [2.24, 2.45) is 5.92 Å². The number of carbonyl (C=O) groups is 1. The molecule has 2 N–H and O–H groups in total. The Kier molecular flexibility index (Phi) is 4.18. The maximum absolute atomic E-state index is 12.1. The van der Waals surface area contributed by atoms with Crippen LogP contribution >= 0.6 is 0 Å². The van der Waals surface area contributed by atoms with Crippen molar-refractivity contribution in [1.82, 2.24) is 10.6 Å². The van der Waals surface area contributed by atoms with Crippen LogP contribution in [0.5, 0.6) is 0 Å². The summed E-state index contributed by atoms with van der Waals surface area (Å²) in [7, 11) is 0. The largest absolute Gasteiger partial charge is 0.379 e. The Bertz CT molecular complexity index is 239. The van der Waals surface area contributed by atoms with Gasteiger partial charge in [-0.15, -0.1) is 0 Å². The van der Waals surface area contributed by atoms with Crippen molar-refractivity contribution in [2.45, 2.75) is 44.7 Å². The standard InChI is InChI=1S/C12H22N2O2/c1-9-11(5-2-6-13-9)12(15)14-10-4-3-7-16-8-10/h9-11,13H,2-8H2,1H3,(H,14,15). The lowest BCUT2D eigenvalue weighted by Gasteiger charge is -2.31. The molecule has 0 aliphatic carbocycles. The minimum absolute atomic E-state index is 0.135. The summed E-state index contributed by atoms with van der Waals surface area (Å²) in [5.74, 6) is 0.339. The quantitative estimate of drug-likeness (QED) is 0.727. The fourth-order valence-corrected chi connectivity index (χ4v) is 2.56. The van der Waals surface area contributed by atoms with Crippen molar-refractivity contribution in [1.29, 1.82) is 0 Å². The molecule has 2 aliphatic heterocycles. The van der Waals surface area contributed by atoms with Gasteiger partial charge >= 0.3 is 0 Å². The summed E-state index contributed by atoms with van der Waals surface area (Å²) < 4.78 is 5.37. The Morgan fingerprint density at radius 2 is 2.25 bits per heavy atom. The van der Waals surface area contributed by atoms with E-state index in [2.05, 4.69) is 17.6 Å². The molecule has 2 rings (SSSR count). The summed E-state index contributed by atoms with van der Waals surface area (Å²) in [5.41, 5.74) is 0. The maximum atomic E-state index is 12.1. The molecule has 16 heavy (non-hydrogen) atoms. The highest BCUT2D eigenvalue weighted by molar-refractivity contribution is 5.79. The van der Waals surface area contributed by atoms with Crippen LogP contribution in [0.25, 0.3) is 0 Å². The molecule has 3 unspecified atom stereocenters. The predicted molar refractivity (Wildman–Crippen MR) is 62.2 cm³/mol. The summed E-state index contributed by atoms with van der Waals surface area (Å²) in [5, 5.41) is 6.47. The molecule has 2 heterocycles. The van der Waals surface area contributed by atoms with Gasteiger partial charge in [-0.1, -0.05) is 0 Å². The monoisotopic (exact) mass is 226 g/mol. The minimum Gasteiger partial charge on any atom is -0.379 e. The number of ether oxygens (including phenoxy) is 1. The molecule has 3 atom stereocenters. The molecule has 0 aromatic heterocycles. The topological polar surface area (TPSA) is 50.4 Å². The van der Waals surface area contributed by atoms with Gasteiger partial charge in [0.1, 0.15) is 0 Å². The average molecular weight is 226 g/mol. The van der Waals surface area contributed by atoms with E-state index in [4.69, 9.17) is 4.74 Å². The maximum Gasteiger partial charge on any atom is 0.224 e. The van der Waals surface area contributed by atoms with Crippen molar-refractivity contribution in [3.05, 3.63) is 0 Å². The summed E-state index contributed by atoms with van der Waals surface area (Å²) in [6, 6.07) is 0.536. The molecule has 4 heteroatoms. The normalized spacial score (nSPS) is 35.7. The first-order valence-corrected chi connectivity index (χ1v) is 6.39. The smallest absolute Gasteiger partial charge is 0.224 e. The second-order valence-corrected chi connectivity index (χ2v) is 4.91. The molecular weight excluding hydrogens is 204 g/mol. The van der Waals surface area contributed by atoms with E-state index in [1.165, 1.54) is 0 Å². The van der Waals surface area contributed by atoms with Gasteiger partial charge in [-0.25, -0.2) is 0 Å². The van der Waals surface area contributed by atoms with Crippen LogP contribution in [0.4, 0.5) is 0 Å². The zero-order chi connectivity index (χ0) is 11.4. The van der Waals surface area contributed by atoms with Gasteiger partial charge in [0.25, 0.3) is 0 Å². The third-order valence-corrected chi connectivity index (χ3v) is 3.61. The number of rotatable bonds is 2. The molecule has 0 aromatic carbocycles. The van der Waals surface area contributed by atoms with E-state index in [-0.39, 0.29) is 17.9 Å². The third-order valence-electron chi connectivity index (χ3n) is 3.61. The average Bonchev–Trinajstić information content (AvgIpc) is 2.31. The molecule has 0 bridgehead atoms. The zero-order valence-electron chi connectivity index (χ0n) is 10.00. The van der Waals surface area contributed by atoms with Crippen molar-refractivity contribution in [3.8, 4) is 0 Å². The summed E-state index contributed by atoms with van der Waals surface area (Å²) in [6.45, 7) is 4.66. The summed E-state index contributed by atoms with van der Waals surface area (Å²) >= 11 is 0. The first kappa shape index (κ1) is 11.9. The van der Waals surface area contributed by atoms with Crippen LogP contribution in [0.1, 0.15) is 32.6 Å². The van der Waals surface area contributed by atoms with E-state index in [1.807, 2.05) is 0 Å². The second kappa shape index (κ2) is 5.64. The lowest BCUT2D eigenvalue weighted by atomic mass is 9.91. The van der Waals surface area contributed by atoms with E-state index >= 15 is 0 Å². The van der Waals surface area contributed by atoms with Gasteiger partial charge < -0.3 is 15.4 Å². The van der Waals surface area contributed by atoms with Crippen molar-refractivity contribution in [2.75, 3.05) is 19.8 Å². The van der Waals surface area contributed by atoms with E-state index in [0.717, 1.165) is 38.8 Å². The molecular formula is C12H22N2O2. The van der Waals surface area contributed by atoms with Gasteiger partial charge in [-0.05, 0) is 39.2 Å². The van der Waals surface area contributed by atoms with Crippen LogP contribution in [0.2, 0.25) is 0 Å². The molecule has 0 aromatic rings. The number of carbonyl (C=O) groups excluding carboxylic acids is 1. The molecule has 0 spiro atoms. The summed E-state index contributed by atoms with van der Waals surface area (Å²) in [4.78, 5) is 12.1. The van der Waals surface area contributed by atoms with Gasteiger partial charge in [-0.2, -0.15) is 0 Å². The van der Waals surface area contributed by atoms with Crippen LogP contribution in [-0.2, 0) is 9.53 Å². The number of hydrogen-bond donors (Lipinski definition) is 2. The molecule has 2 aliphatic rings. The highest BCUT2D eigenvalue weighted by Crippen LogP contribution is 2.17. The van der Waals surface area contributed by atoms with Gasteiger partial charge in [0.15, 0.2) is 0 Å². The molecule has 4 nitrogen and oxygen atoms in total. The highest BCUT2D eigenvalue weighted by atomic mass is 16.5. The van der Waals surface area contributed by atoms with Gasteiger partial charge in [0.2, 0.25) is 5.91 Å². The Balaban J connectivity index is 1.81. The Hall–Kier alpha value is -0.610. The molecule has 0 saturated carbocycles. The molecule has 0 radical (unpaired) electrons. The predicted octanol–water partition coefficient (Wildman–Crippen LogP) is 0.670. The van der Waals surface area contributed by atoms with E-state index in [9.17, 15) is 4.79 Å². The van der Waals surface area contributed by atoms with Crippen molar-refractivity contribution < 1.29 is 9.53 Å². The lowest BCUT2D eigenvalue weighted by Crippen LogP contribution is -2.50. The number of amides is 1. The van der Waals surface area contributed by atoms with E-state index in [1.54, 1.807) is 0 Å². The fraction of sp³-hybridized carbons (Fsp3) is 0.917. The Morgan fingerprint density at radius 1 is 1.38 bits per heavy atom. The second-order valence-electron chi connectivity index (χ2n) is 4.91. The van der Waals surface area contributed by atoms with Gasteiger partial charge in [0, 0.05) is 12.6 Å². The van der Waals surface area contributed by atoms with Crippen molar-refractivity contribution >= 4 is 5.91 Å². The molecule has 2 fully saturated rings. The first-order valence-electron chi connectivity index (χ1n) is 6.39. The van der Waals surface area contributed by atoms with E-state index < -0.39 is 0 Å².